The van der Waals surface area contributed by atoms with Gasteiger partial charge in [-0.15, -0.1) is 0 Å². The first kappa shape index (κ1) is 16.2. The van der Waals surface area contributed by atoms with Crippen LogP contribution in [0.15, 0.2) is 24.5 Å². The Kier molecular flexibility index (Phi) is 6.24. The molecule has 1 aromatic rings. The van der Waals surface area contributed by atoms with Crippen molar-refractivity contribution < 1.29 is 9.53 Å². The van der Waals surface area contributed by atoms with Crippen LogP contribution in [-0.4, -0.2) is 34.8 Å². The predicted molar refractivity (Wildman–Crippen MR) is 78.9 cm³/mol. The second-order valence-electron chi connectivity index (χ2n) is 4.96. The van der Waals surface area contributed by atoms with E-state index in [0.29, 0.717) is 24.1 Å². The molecular formula is C13H19ClN4O2. The van der Waals surface area contributed by atoms with E-state index >= 15 is 0 Å². The fourth-order valence-electron chi connectivity index (χ4n) is 1.18. The van der Waals surface area contributed by atoms with Gasteiger partial charge in [-0.3, -0.25) is 0 Å². The van der Waals surface area contributed by atoms with Crippen molar-refractivity contribution >= 4 is 23.6 Å². The van der Waals surface area contributed by atoms with Gasteiger partial charge in [0.2, 0.25) is 5.95 Å². The number of carbonyl (C=O) groups is 1. The zero-order valence-corrected chi connectivity index (χ0v) is 12.6. The minimum Gasteiger partial charge on any atom is -0.444 e. The fraction of sp³-hybridized carbons (Fsp3) is 0.462. The fourth-order valence-corrected chi connectivity index (χ4v) is 1.27. The SMILES string of the molecule is CC(C)(C)OC(=O)NCC=CCNc1ncc(Cl)cn1. The number of hydrogen-bond acceptors (Lipinski definition) is 5. The van der Waals surface area contributed by atoms with Crippen LogP contribution in [0, 0.1) is 0 Å². The Morgan fingerprint density at radius 3 is 2.50 bits per heavy atom. The quantitative estimate of drug-likeness (QED) is 0.817. The monoisotopic (exact) mass is 298 g/mol. The molecule has 6 nitrogen and oxygen atoms in total. The van der Waals surface area contributed by atoms with Crippen molar-refractivity contribution in [2.24, 2.45) is 0 Å². The lowest BCUT2D eigenvalue weighted by molar-refractivity contribution is 0.0534. The number of hydrogen-bond donors (Lipinski definition) is 2. The molecule has 7 heteroatoms. The number of anilines is 1. The second kappa shape index (κ2) is 7.69. The summed E-state index contributed by atoms with van der Waals surface area (Å²) in [7, 11) is 0. The molecular weight excluding hydrogens is 280 g/mol. The number of halogens is 1. The minimum absolute atomic E-state index is 0.401. The maximum Gasteiger partial charge on any atom is 0.407 e. The van der Waals surface area contributed by atoms with Gasteiger partial charge in [0.05, 0.1) is 17.4 Å². The van der Waals surface area contributed by atoms with Crippen molar-refractivity contribution in [1.82, 2.24) is 15.3 Å². The summed E-state index contributed by atoms with van der Waals surface area (Å²) in [6.07, 6.45) is 6.27. The van der Waals surface area contributed by atoms with Crippen LogP contribution in [-0.2, 0) is 4.74 Å². The van der Waals surface area contributed by atoms with Crippen LogP contribution in [0.4, 0.5) is 10.7 Å². The molecule has 0 spiro atoms. The average molecular weight is 299 g/mol. The average Bonchev–Trinajstić information content (AvgIpc) is 2.33. The van der Waals surface area contributed by atoms with Gasteiger partial charge < -0.3 is 15.4 Å². The maximum atomic E-state index is 11.3. The van der Waals surface area contributed by atoms with Crippen LogP contribution in [0.3, 0.4) is 0 Å². The number of alkyl carbamates (subject to hydrolysis) is 1. The van der Waals surface area contributed by atoms with Crippen LogP contribution in [0.25, 0.3) is 0 Å². The van der Waals surface area contributed by atoms with Gasteiger partial charge >= 0.3 is 6.09 Å². The van der Waals surface area contributed by atoms with E-state index in [1.165, 1.54) is 12.4 Å². The Bertz CT molecular complexity index is 454. The second-order valence-corrected chi connectivity index (χ2v) is 5.40. The molecule has 0 fully saturated rings. The van der Waals surface area contributed by atoms with Gasteiger partial charge in [0.1, 0.15) is 5.60 Å². The molecule has 0 aliphatic carbocycles. The number of aromatic nitrogens is 2. The standard InChI is InChI=1S/C13H19ClN4O2/c1-13(2,3)20-12(19)16-7-5-4-6-15-11-17-8-10(14)9-18-11/h4-5,8-9H,6-7H2,1-3H3,(H,16,19)(H,15,17,18). The molecule has 2 N–H and O–H groups in total. The van der Waals surface area contributed by atoms with Gasteiger partial charge in [-0.2, -0.15) is 0 Å². The molecule has 0 saturated carbocycles. The molecule has 1 aromatic heterocycles. The molecule has 110 valence electrons. The van der Waals surface area contributed by atoms with Crippen LogP contribution in [0.2, 0.25) is 5.02 Å². The topological polar surface area (TPSA) is 76.1 Å². The Balaban J connectivity index is 2.16. The van der Waals surface area contributed by atoms with E-state index in [9.17, 15) is 4.79 Å². The van der Waals surface area contributed by atoms with Gasteiger partial charge in [-0.1, -0.05) is 23.8 Å². The smallest absolute Gasteiger partial charge is 0.407 e. The summed E-state index contributed by atoms with van der Waals surface area (Å²) in [5, 5.41) is 6.10. The third kappa shape index (κ3) is 7.58. The highest BCUT2D eigenvalue weighted by atomic mass is 35.5. The minimum atomic E-state index is -0.485. The van der Waals surface area contributed by atoms with E-state index < -0.39 is 11.7 Å². The summed E-state index contributed by atoms with van der Waals surface area (Å²) in [5.41, 5.74) is -0.485. The van der Waals surface area contributed by atoms with Gasteiger partial charge in [0.15, 0.2) is 0 Å². The van der Waals surface area contributed by atoms with E-state index in [1.54, 1.807) is 0 Å². The molecule has 1 amide bonds. The summed E-state index contributed by atoms with van der Waals surface area (Å²) in [5.74, 6) is 0.499. The van der Waals surface area contributed by atoms with E-state index in [-0.39, 0.29) is 0 Å². The van der Waals surface area contributed by atoms with Gasteiger partial charge in [-0.05, 0) is 20.8 Å². The number of rotatable bonds is 5. The molecule has 0 radical (unpaired) electrons. The van der Waals surface area contributed by atoms with Crippen LogP contribution in [0.5, 0.6) is 0 Å². The normalized spacial score (nSPS) is 11.4. The lowest BCUT2D eigenvalue weighted by atomic mass is 10.2. The van der Waals surface area contributed by atoms with Gasteiger partial charge in [0, 0.05) is 13.1 Å². The first-order valence-electron chi connectivity index (χ1n) is 6.20. The van der Waals surface area contributed by atoms with E-state index in [4.69, 9.17) is 16.3 Å². The number of nitrogens with zero attached hydrogens (tertiary/aromatic N) is 2. The molecule has 1 rings (SSSR count). The van der Waals surface area contributed by atoms with E-state index in [1.807, 2.05) is 32.9 Å². The van der Waals surface area contributed by atoms with Crippen molar-refractivity contribution in [2.75, 3.05) is 18.4 Å². The molecule has 0 aliphatic heterocycles. The number of ether oxygens (including phenoxy) is 1. The number of carbonyl (C=O) groups excluding carboxylic acids is 1. The van der Waals surface area contributed by atoms with E-state index in [2.05, 4.69) is 20.6 Å². The Morgan fingerprint density at radius 2 is 1.90 bits per heavy atom. The summed E-state index contributed by atoms with van der Waals surface area (Å²) < 4.78 is 5.09. The molecule has 0 atom stereocenters. The number of nitrogens with one attached hydrogen (secondary N) is 2. The highest BCUT2D eigenvalue weighted by Gasteiger charge is 2.14. The lowest BCUT2D eigenvalue weighted by Gasteiger charge is -2.19. The van der Waals surface area contributed by atoms with Crippen LogP contribution in [0.1, 0.15) is 20.8 Å². The lowest BCUT2D eigenvalue weighted by Crippen LogP contribution is -2.32. The molecule has 0 saturated heterocycles. The van der Waals surface area contributed by atoms with Crippen molar-refractivity contribution in [2.45, 2.75) is 26.4 Å². The molecule has 0 bridgehead atoms. The summed E-state index contributed by atoms with van der Waals surface area (Å²) >= 11 is 5.67. The molecule has 0 aliphatic rings. The highest BCUT2D eigenvalue weighted by Crippen LogP contribution is 2.06. The van der Waals surface area contributed by atoms with Crippen LogP contribution >= 0.6 is 11.6 Å². The predicted octanol–water partition coefficient (Wildman–Crippen LogP) is 2.62. The van der Waals surface area contributed by atoms with Crippen LogP contribution < -0.4 is 10.6 Å². The third-order valence-corrected chi connectivity index (χ3v) is 2.12. The van der Waals surface area contributed by atoms with Gasteiger partial charge in [0.25, 0.3) is 0 Å². The largest absolute Gasteiger partial charge is 0.444 e. The molecule has 1 heterocycles. The third-order valence-electron chi connectivity index (χ3n) is 1.93. The first-order chi connectivity index (χ1) is 9.37. The molecule has 0 unspecified atom stereocenters. The molecule has 20 heavy (non-hydrogen) atoms. The summed E-state index contributed by atoms with van der Waals surface area (Å²) in [6, 6.07) is 0. The van der Waals surface area contributed by atoms with E-state index in [0.717, 1.165) is 0 Å². The van der Waals surface area contributed by atoms with Gasteiger partial charge in [-0.25, -0.2) is 14.8 Å². The van der Waals surface area contributed by atoms with Crippen molar-refractivity contribution in [1.29, 1.82) is 0 Å². The summed E-state index contributed by atoms with van der Waals surface area (Å²) in [6.45, 7) is 6.41. The highest BCUT2D eigenvalue weighted by molar-refractivity contribution is 6.30. The zero-order valence-electron chi connectivity index (χ0n) is 11.8. The summed E-state index contributed by atoms with van der Waals surface area (Å²) in [4.78, 5) is 19.3. The Labute approximate surface area is 123 Å². The zero-order chi connectivity index (χ0) is 15.0. The van der Waals surface area contributed by atoms with Crippen molar-refractivity contribution in [3.63, 3.8) is 0 Å². The molecule has 0 aromatic carbocycles. The van der Waals surface area contributed by atoms with Crippen molar-refractivity contribution in [3.05, 3.63) is 29.6 Å². The first-order valence-corrected chi connectivity index (χ1v) is 6.58. The van der Waals surface area contributed by atoms with Crippen molar-refractivity contribution in [3.8, 4) is 0 Å². The Morgan fingerprint density at radius 1 is 1.30 bits per heavy atom. The Hall–Kier alpha value is -1.82. The maximum absolute atomic E-state index is 11.3. The number of amides is 1.